The van der Waals surface area contributed by atoms with E-state index in [1.165, 1.54) is 29.2 Å². The Hall–Kier alpha value is -3.87. The van der Waals surface area contributed by atoms with Gasteiger partial charge in [0, 0.05) is 22.9 Å². The average molecular weight is 687 g/mol. The van der Waals surface area contributed by atoms with Crippen LogP contribution in [0.3, 0.4) is 0 Å². The number of alkyl halides is 3. The van der Waals surface area contributed by atoms with Crippen LogP contribution in [0, 0.1) is 56.8 Å². The third kappa shape index (κ3) is 4.56. The molecule has 50 heavy (non-hydrogen) atoms. The number of hydrogen-bond donors (Lipinski definition) is 0. The molecule has 0 amide bonds. The van der Waals surface area contributed by atoms with E-state index in [-0.39, 0.29) is 51.8 Å². The van der Waals surface area contributed by atoms with Crippen molar-refractivity contribution in [3.63, 3.8) is 0 Å². The van der Waals surface area contributed by atoms with Gasteiger partial charge in [-0.25, -0.2) is 14.8 Å². The average Bonchev–Trinajstić information content (AvgIpc) is 3.54. The summed E-state index contributed by atoms with van der Waals surface area (Å²) in [6.07, 6.45) is 6.77. The molecular formula is C40H45F3N4O3. The van der Waals surface area contributed by atoms with Gasteiger partial charge in [0.2, 0.25) is 11.6 Å². The van der Waals surface area contributed by atoms with E-state index in [9.17, 15) is 27.6 Å². The molecule has 5 aliphatic carbocycles. The predicted octanol–water partition coefficient (Wildman–Crippen LogP) is 9.18. The molecule has 0 radical (unpaired) electrons. The number of carbonyl (C=O) groups excluding carboxylic acids is 3. The lowest BCUT2D eigenvalue weighted by molar-refractivity contribution is -0.164. The number of imidazole rings is 1. The molecular weight excluding hydrogens is 641 g/mol. The number of allylic oxidation sites excluding steroid dienone is 4. The zero-order chi connectivity index (χ0) is 36.4. The number of pyridine rings is 1. The summed E-state index contributed by atoms with van der Waals surface area (Å²) in [5, 5.41) is 0. The lowest BCUT2D eigenvalue weighted by Crippen LogP contribution is -2.66. The molecule has 2 aromatic heterocycles. The Balaban J connectivity index is 1.31. The predicted molar refractivity (Wildman–Crippen MR) is 181 cm³/mol. The molecule has 7 atom stereocenters. The monoisotopic (exact) mass is 686 g/mol. The van der Waals surface area contributed by atoms with Gasteiger partial charge in [0.05, 0.1) is 17.7 Å². The van der Waals surface area contributed by atoms with E-state index in [1.807, 2.05) is 26.0 Å². The van der Waals surface area contributed by atoms with Crippen molar-refractivity contribution < 1.29 is 27.6 Å². The fourth-order valence-corrected chi connectivity index (χ4v) is 11.5. The Morgan fingerprint density at radius 3 is 2.36 bits per heavy atom. The van der Waals surface area contributed by atoms with E-state index >= 15 is 0 Å². The van der Waals surface area contributed by atoms with Crippen LogP contribution in [0.2, 0.25) is 0 Å². The highest BCUT2D eigenvalue weighted by molar-refractivity contribution is 6.03. The normalized spacial score (nSPS) is 37.3. The van der Waals surface area contributed by atoms with Crippen molar-refractivity contribution in [1.82, 2.24) is 14.5 Å². The maximum Gasteiger partial charge on any atom is 0.433 e. The molecule has 7 nitrogen and oxygen atoms in total. The van der Waals surface area contributed by atoms with E-state index in [1.54, 1.807) is 0 Å². The van der Waals surface area contributed by atoms with Crippen LogP contribution >= 0.6 is 0 Å². The Morgan fingerprint density at radius 2 is 1.68 bits per heavy atom. The molecule has 0 N–H and O–H groups in total. The molecule has 2 heterocycles. The summed E-state index contributed by atoms with van der Waals surface area (Å²) in [6, 6.07) is 3.63. The van der Waals surface area contributed by atoms with E-state index in [2.05, 4.69) is 49.4 Å². The molecule has 0 bridgehead atoms. The number of rotatable bonds is 2. The number of aromatic nitrogens is 3. The van der Waals surface area contributed by atoms with Crippen LogP contribution in [-0.4, -0.2) is 32.0 Å². The molecule has 7 rings (SSSR count). The van der Waals surface area contributed by atoms with Gasteiger partial charge >= 0.3 is 6.18 Å². The van der Waals surface area contributed by atoms with Crippen molar-refractivity contribution in [2.45, 2.75) is 99.6 Å². The van der Waals surface area contributed by atoms with Crippen LogP contribution < -0.4 is 0 Å². The van der Waals surface area contributed by atoms with Gasteiger partial charge < -0.3 is 4.79 Å². The first-order chi connectivity index (χ1) is 23.1. The quantitative estimate of drug-likeness (QED) is 0.294. The van der Waals surface area contributed by atoms with Gasteiger partial charge in [-0.15, -0.1) is 0 Å². The number of ketones is 2. The molecule has 3 fully saturated rings. The van der Waals surface area contributed by atoms with Crippen LogP contribution in [0.25, 0.3) is 16.2 Å². The van der Waals surface area contributed by atoms with Crippen molar-refractivity contribution in [3.8, 4) is 11.4 Å². The molecule has 264 valence electrons. The third-order valence-corrected chi connectivity index (χ3v) is 14.4. The number of fused-ring (bicyclic) bond motifs is 7. The molecule has 3 saturated carbocycles. The second kappa shape index (κ2) is 10.6. The van der Waals surface area contributed by atoms with Crippen molar-refractivity contribution in [1.29, 1.82) is 0 Å². The largest absolute Gasteiger partial charge is 0.433 e. The molecule has 0 saturated heterocycles. The van der Waals surface area contributed by atoms with Crippen LogP contribution in [0.1, 0.15) is 104 Å². The zero-order valence-electron chi connectivity index (χ0n) is 29.9. The second-order valence-corrected chi connectivity index (χ2v) is 17.8. The molecule has 0 aliphatic heterocycles. The number of hydrogen-bond acceptors (Lipinski definition) is 5. The zero-order valence-corrected chi connectivity index (χ0v) is 29.9. The number of nitrogens with zero attached hydrogens (tertiary/aromatic N) is 4. The van der Waals surface area contributed by atoms with Gasteiger partial charge in [0.25, 0.3) is 0 Å². The minimum atomic E-state index is -4.61. The van der Waals surface area contributed by atoms with Crippen molar-refractivity contribution in [2.24, 2.45) is 50.2 Å². The van der Waals surface area contributed by atoms with E-state index in [4.69, 9.17) is 6.57 Å². The summed E-state index contributed by atoms with van der Waals surface area (Å²) >= 11 is 0. The Labute approximate surface area is 291 Å². The van der Waals surface area contributed by atoms with E-state index in [0.29, 0.717) is 25.7 Å². The summed E-state index contributed by atoms with van der Waals surface area (Å²) in [5.41, 5.74) is -2.92. The molecule has 10 heteroatoms. The first-order valence-corrected chi connectivity index (χ1v) is 17.7. The van der Waals surface area contributed by atoms with Gasteiger partial charge in [0.1, 0.15) is 17.7 Å². The maximum absolute atomic E-state index is 14.8. The fourth-order valence-electron chi connectivity index (χ4n) is 11.5. The summed E-state index contributed by atoms with van der Waals surface area (Å²) in [4.78, 5) is 54.8. The van der Waals surface area contributed by atoms with E-state index in [0.717, 1.165) is 30.9 Å². The minimum Gasteiger partial charge on any atom is -0.307 e. The van der Waals surface area contributed by atoms with Crippen molar-refractivity contribution in [2.75, 3.05) is 0 Å². The topological polar surface area (TPSA) is 86.3 Å². The lowest BCUT2D eigenvalue weighted by atomic mass is 9.34. The second-order valence-electron chi connectivity index (χ2n) is 17.8. The van der Waals surface area contributed by atoms with Crippen molar-refractivity contribution in [3.05, 3.63) is 71.3 Å². The summed E-state index contributed by atoms with van der Waals surface area (Å²) in [7, 11) is 0. The fraction of sp³-hybridized carbons (Fsp3) is 0.600. The first-order valence-electron chi connectivity index (χ1n) is 17.7. The lowest BCUT2D eigenvalue weighted by Gasteiger charge is -2.69. The molecule has 2 unspecified atom stereocenters. The van der Waals surface area contributed by atoms with Crippen molar-refractivity contribution >= 4 is 17.5 Å². The number of halogens is 3. The van der Waals surface area contributed by atoms with Gasteiger partial charge in [-0.2, -0.15) is 13.2 Å². The summed E-state index contributed by atoms with van der Waals surface area (Å²) in [5.74, 6) is -1.05. The Morgan fingerprint density at radius 1 is 0.980 bits per heavy atom. The maximum atomic E-state index is 14.8. The standard InChI is InChI=1S/C40H45F3N4O3/c1-34(2)14-16-39(33(50)47-21-26(45-22-47)24-10-9-11-30(46-24)40(41,42)43)17-15-38(7)31(23(39)19-34)27(48)18-29-36(5)20-25(44-8)32(49)35(3,4)28(36)12-13-37(29,38)6/h9-11,18,20-23,28,31H,12-17,19H2,1-7H3/t23?,28?,31-,36-,37+,38+,39-/m0/s1. The van der Waals surface area contributed by atoms with Gasteiger partial charge in [-0.1, -0.05) is 66.2 Å². The highest BCUT2D eigenvalue weighted by atomic mass is 19.4. The number of carbonyl (C=O) groups is 3. The molecule has 2 aromatic rings. The van der Waals surface area contributed by atoms with Crippen LogP contribution in [0.4, 0.5) is 13.2 Å². The third-order valence-electron chi connectivity index (χ3n) is 14.4. The molecule has 5 aliphatic rings. The summed E-state index contributed by atoms with van der Waals surface area (Å²) < 4.78 is 41.7. The van der Waals surface area contributed by atoms with Gasteiger partial charge in [-0.05, 0) is 91.2 Å². The van der Waals surface area contributed by atoms with Gasteiger partial charge in [-0.3, -0.25) is 14.2 Å². The molecule has 0 spiro atoms. The Bertz CT molecular complexity index is 1950. The van der Waals surface area contributed by atoms with Crippen LogP contribution in [0.5, 0.6) is 0 Å². The summed E-state index contributed by atoms with van der Waals surface area (Å²) in [6.45, 7) is 22.7. The Kier molecular flexibility index (Phi) is 7.32. The van der Waals surface area contributed by atoms with Gasteiger partial charge in [0.15, 0.2) is 11.6 Å². The number of Topliss-reactive ketones (excluding diaryl/α,β-unsaturated/α-hetero) is 1. The minimum absolute atomic E-state index is 0.00776. The molecule has 0 aromatic carbocycles. The van der Waals surface area contributed by atoms with E-state index < -0.39 is 44.9 Å². The smallest absolute Gasteiger partial charge is 0.307 e. The van der Waals surface area contributed by atoms with Crippen LogP contribution in [0.15, 0.2) is 54.1 Å². The highest BCUT2D eigenvalue weighted by Gasteiger charge is 2.71. The first kappa shape index (κ1) is 34.6. The van der Waals surface area contributed by atoms with Crippen LogP contribution in [-0.2, 0) is 15.8 Å². The highest BCUT2D eigenvalue weighted by Crippen LogP contribution is 2.74. The SMILES string of the molecule is [C-]#[N+]C1=C[C@]2(C)C3=CC(=O)[C@@H]4C5CC(C)(C)CC[C@]5(C(=O)n5cnc(-c6cccc(C(F)(F)F)n6)c5)CC[C@@]4(C)[C@]3(C)CCC2C(C)(C)C1=O.